The second-order valence-electron chi connectivity index (χ2n) is 7.65. The van der Waals surface area contributed by atoms with Gasteiger partial charge in [-0.05, 0) is 52.2 Å². The predicted molar refractivity (Wildman–Crippen MR) is 133 cm³/mol. The number of fused-ring (bicyclic) bond motifs is 1. The first-order valence-corrected chi connectivity index (χ1v) is 10.9. The summed E-state index contributed by atoms with van der Waals surface area (Å²) in [6.07, 6.45) is 3.26. The highest BCUT2D eigenvalue weighted by atomic mass is 35.5. The Balaban J connectivity index is 2.12. The van der Waals surface area contributed by atoms with Crippen LogP contribution < -0.4 is 15.4 Å². The number of amides is 1. The topological polar surface area (TPSA) is 90.3 Å². The number of likely N-dealkylation sites (N-methyl/N-ethyl adjacent to an activating group) is 1. The minimum atomic E-state index is -0.276. The van der Waals surface area contributed by atoms with Crippen LogP contribution in [0.1, 0.15) is 18.2 Å². The number of pyridine rings is 1. The minimum Gasteiger partial charge on any atom is -0.492 e. The van der Waals surface area contributed by atoms with Crippen LogP contribution in [-0.4, -0.2) is 43.0 Å². The Bertz CT molecular complexity index is 1250. The molecule has 0 fully saturated rings. The van der Waals surface area contributed by atoms with Gasteiger partial charge in [0.25, 0.3) is 0 Å². The number of nitrogens with zero attached hydrogens (tertiary/aromatic N) is 3. The van der Waals surface area contributed by atoms with E-state index in [9.17, 15) is 10.1 Å². The van der Waals surface area contributed by atoms with Crippen LogP contribution in [-0.2, 0) is 4.79 Å². The van der Waals surface area contributed by atoms with Gasteiger partial charge in [0.05, 0.1) is 34.8 Å². The molecule has 1 aromatic heterocycles. The predicted octanol–water partition coefficient (Wildman–Crippen LogP) is 5.27. The molecule has 2 N–H and O–H groups in total. The van der Waals surface area contributed by atoms with Crippen LogP contribution in [0.5, 0.6) is 5.75 Å². The van der Waals surface area contributed by atoms with Crippen LogP contribution >= 0.6 is 11.6 Å². The molecule has 0 saturated carbocycles. The highest BCUT2D eigenvalue weighted by Crippen LogP contribution is 2.37. The number of benzene rings is 2. The van der Waals surface area contributed by atoms with Crippen LogP contribution in [0.3, 0.4) is 0 Å². The lowest BCUT2D eigenvalue weighted by atomic mass is 10.0. The Morgan fingerprint density at radius 1 is 1.30 bits per heavy atom. The summed E-state index contributed by atoms with van der Waals surface area (Å²) >= 11 is 6.14. The van der Waals surface area contributed by atoms with Crippen LogP contribution in [0.25, 0.3) is 10.9 Å². The molecule has 0 aliphatic heterocycles. The lowest BCUT2D eigenvalue weighted by Gasteiger charge is -2.17. The van der Waals surface area contributed by atoms with Gasteiger partial charge in [0.2, 0.25) is 5.91 Å². The van der Waals surface area contributed by atoms with E-state index >= 15 is 0 Å². The fourth-order valence-corrected chi connectivity index (χ4v) is 3.50. The van der Waals surface area contributed by atoms with Gasteiger partial charge in [-0.25, -0.2) is 0 Å². The van der Waals surface area contributed by atoms with Gasteiger partial charge in [-0.3, -0.25) is 9.78 Å². The number of nitriles is 1. The monoisotopic (exact) mass is 463 g/mol. The molecule has 0 atom stereocenters. The van der Waals surface area contributed by atoms with E-state index in [1.165, 1.54) is 6.08 Å². The maximum absolute atomic E-state index is 12.5. The smallest absolute Gasteiger partial charge is 0.248 e. The molecule has 7 nitrogen and oxygen atoms in total. The number of anilines is 3. The van der Waals surface area contributed by atoms with Crippen LogP contribution in [0, 0.1) is 18.3 Å². The van der Waals surface area contributed by atoms with E-state index in [2.05, 4.69) is 21.7 Å². The molecule has 0 aliphatic carbocycles. The summed E-state index contributed by atoms with van der Waals surface area (Å²) in [6, 6.07) is 13.0. The van der Waals surface area contributed by atoms with Crippen molar-refractivity contribution < 1.29 is 9.53 Å². The Morgan fingerprint density at radius 2 is 2.09 bits per heavy atom. The van der Waals surface area contributed by atoms with Crippen molar-refractivity contribution >= 4 is 45.5 Å². The summed E-state index contributed by atoms with van der Waals surface area (Å²) in [5, 5.41) is 17.3. The van der Waals surface area contributed by atoms with Crippen molar-refractivity contribution in [3.05, 3.63) is 64.8 Å². The molecular weight excluding hydrogens is 438 g/mol. The van der Waals surface area contributed by atoms with E-state index in [4.69, 9.17) is 16.3 Å². The largest absolute Gasteiger partial charge is 0.492 e. The third-order valence-corrected chi connectivity index (χ3v) is 5.01. The Hall–Kier alpha value is -3.60. The first kappa shape index (κ1) is 24.1. The second kappa shape index (κ2) is 10.8. The highest BCUT2D eigenvalue weighted by Gasteiger charge is 2.17. The van der Waals surface area contributed by atoms with E-state index in [-0.39, 0.29) is 5.91 Å². The first-order chi connectivity index (χ1) is 15.8. The molecule has 3 rings (SSSR count). The molecule has 33 heavy (non-hydrogen) atoms. The van der Waals surface area contributed by atoms with Crippen molar-refractivity contribution in [1.29, 1.82) is 5.26 Å². The molecule has 0 spiro atoms. The number of halogens is 1. The molecule has 0 saturated heterocycles. The number of nitrogens with one attached hydrogen (secondary N) is 2. The van der Waals surface area contributed by atoms with Crippen LogP contribution in [0.15, 0.2) is 48.6 Å². The Morgan fingerprint density at radius 3 is 2.76 bits per heavy atom. The van der Waals surface area contributed by atoms with Crippen molar-refractivity contribution in [2.45, 2.75) is 13.8 Å². The number of ether oxygens (including phenoxy) is 1. The summed E-state index contributed by atoms with van der Waals surface area (Å²) in [4.78, 5) is 19.1. The first-order valence-electron chi connectivity index (χ1n) is 10.5. The van der Waals surface area contributed by atoms with Crippen molar-refractivity contribution in [3.63, 3.8) is 0 Å². The maximum Gasteiger partial charge on any atom is 0.248 e. The van der Waals surface area contributed by atoms with Gasteiger partial charge in [0.15, 0.2) is 0 Å². The van der Waals surface area contributed by atoms with E-state index in [1.807, 2.05) is 38.1 Å². The number of aryl methyl sites for hydroxylation is 1. The molecule has 0 bridgehead atoms. The number of carbonyl (C=O) groups excluding carboxylic acids is 1. The lowest BCUT2D eigenvalue weighted by Crippen LogP contribution is -2.13. The Kier molecular flexibility index (Phi) is 7.88. The Labute approximate surface area is 198 Å². The van der Waals surface area contributed by atoms with Gasteiger partial charge < -0.3 is 20.3 Å². The molecular formula is C25H26ClN5O2. The zero-order valence-corrected chi connectivity index (χ0v) is 19.8. The lowest BCUT2D eigenvalue weighted by molar-refractivity contribution is -0.111. The zero-order valence-electron chi connectivity index (χ0n) is 19.1. The zero-order chi connectivity index (χ0) is 24.0. The number of rotatable bonds is 8. The van der Waals surface area contributed by atoms with Crippen LogP contribution in [0.4, 0.5) is 17.1 Å². The van der Waals surface area contributed by atoms with Gasteiger partial charge in [0, 0.05) is 34.8 Å². The summed E-state index contributed by atoms with van der Waals surface area (Å²) in [6.45, 7) is 4.72. The van der Waals surface area contributed by atoms with Crippen molar-refractivity contribution in [2.24, 2.45) is 0 Å². The molecule has 0 radical (unpaired) electrons. The van der Waals surface area contributed by atoms with E-state index in [0.29, 0.717) is 57.5 Å². The molecule has 2 aromatic carbocycles. The summed E-state index contributed by atoms with van der Waals surface area (Å²) < 4.78 is 5.77. The van der Waals surface area contributed by atoms with Crippen molar-refractivity contribution in [3.8, 4) is 11.8 Å². The fraction of sp³-hybridized carbons (Fsp3) is 0.240. The van der Waals surface area contributed by atoms with Gasteiger partial charge >= 0.3 is 0 Å². The molecule has 0 aliphatic rings. The number of hydrogen-bond acceptors (Lipinski definition) is 6. The van der Waals surface area contributed by atoms with E-state index < -0.39 is 0 Å². The van der Waals surface area contributed by atoms with Gasteiger partial charge in [-0.2, -0.15) is 5.26 Å². The SMILES string of the molecule is CCOc1cc2nc(C)c(C#N)c(Nc3cccc(Cl)c3)c2cc1NC(=O)/C=C/CN(C)C. The molecule has 1 amide bonds. The van der Waals surface area contributed by atoms with E-state index in [1.54, 1.807) is 37.3 Å². The third kappa shape index (κ3) is 6.01. The number of aromatic nitrogens is 1. The molecule has 1 heterocycles. The van der Waals surface area contributed by atoms with Crippen molar-refractivity contribution in [1.82, 2.24) is 9.88 Å². The molecule has 170 valence electrons. The third-order valence-electron chi connectivity index (χ3n) is 4.77. The van der Waals surface area contributed by atoms with Gasteiger partial charge in [-0.15, -0.1) is 0 Å². The average Bonchev–Trinajstić information content (AvgIpc) is 2.74. The van der Waals surface area contributed by atoms with E-state index in [0.717, 1.165) is 5.69 Å². The standard InChI is InChI=1S/C25H26ClN5O2/c1-5-33-23-14-21-19(13-22(23)30-24(32)10-7-11-31(3)4)25(20(15-27)16(2)28-21)29-18-9-6-8-17(26)12-18/h6-10,12-14H,5,11H2,1-4H3,(H,28,29)(H,30,32)/b10-7+. The second-order valence-corrected chi connectivity index (χ2v) is 8.08. The van der Waals surface area contributed by atoms with Gasteiger partial charge in [-0.1, -0.05) is 23.7 Å². The summed E-state index contributed by atoms with van der Waals surface area (Å²) in [7, 11) is 3.85. The minimum absolute atomic E-state index is 0.276. The molecule has 0 unspecified atom stereocenters. The number of carbonyl (C=O) groups is 1. The average molecular weight is 464 g/mol. The summed E-state index contributed by atoms with van der Waals surface area (Å²) in [5.74, 6) is 0.228. The quantitative estimate of drug-likeness (QED) is 0.442. The number of hydrogen-bond donors (Lipinski definition) is 2. The fourth-order valence-electron chi connectivity index (χ4n) is 3.31. The van der Waals surface area contributed by atoms with Crippen LogP contribution in [0.2, 0.25) is 5.02 Å². The molecule has 8 heteroatoms. The molecule has 3 aromatic rings. The summed E-state index contributed by atoms with van der Waals surface area (Å²) in [5.41, 5.74) is 3.45. The normalized spacial score (nSPS) is 11.1. The van der Waals surface area contributed by atoms with Crippen molar-refractivity contribution in [2.75, 3.05) is 37.9 Å². The van der Waals surface area contributed by atoms with Gasteiger partial charge in [0.1, 0.15) is 11.8 Å². The maximum atomic E-state index is 12.5. The highest BCUT2D eigenvalue weighted by molar-refractivity contribution is 6.30.